The summed E-state index contributed by atoms with van der Waals surface area (Å²) in [5.74, 6) is -0.167. The minimum atomic E-state index is -0.725. The van der Waals surface area contributed by atoms with Crippen LogP contribution in [-0.4, -0.2) is 23.3 Å². The van der Waals surface area contributed by atoms with Gasteiger partial charge in [-0.05, 0) is 78.1 Å². The number of nitrogen functional groups attached to an aromatic ring is 1. The molecule has 6 heteroatoms. The van der Waals surface area contributed by atoms with Crippen molar-refractivity contribution in [2.45, 2.75) is 72.5 Å². The fraction of sp³-hybridized carbons (Fsp3) is 0.579. The molecular formula is C19H32N2O4. The molecule has 0 saturated carbocycles. The maximum absolute atomic E-state index is 11.6. The number of nitrogens with two attached hydrogens (primary N) is 2. The quantitative estimate of drug-likeness (QED) is 0.637. The van der Waals surface area contributed by atoms with E-state index in [2.05, 4.69) is 4.74 Å². The van der Waals surface area contributed by atoms with Crippen molar-refractivity contribution in [2.24, 2.45) is 5.73 Å². The van der Waals surface area contributed by atoms with Gasteiger partial charge in [-0.15, -0.1) is 0 Å². The maximum atomic E-state index is 11.6. The standard InChI is InChI=1S/C14H21NO2.C5H11NO2/c1-10-5-7-12(15)9-11(10)6-8-13(16)17-14(2,3)4;1-5(2,3)8-4(6)7/h5,7,9H,6,8,15H2,1-4H3;1-3H3,(H2,6,7). The van der Waals surface area contributed by atoms with Crippen LogP contribution < -0.4 is 11.5 Å². The normalized spacial score (nSPS) is 11.2. The molecular weight excluding hydrogens is 320 g/mol. The predicted octanol–water partition coefficient (Wildman–Crippen LogP) is 3.73. The van der Waals surface area contributed by atoms with Crippen LogP contribution in [0.2, 0.25) is 0 Å². The highest BCUT2D eigenvalue weighted by Gasteiger charge is 2.16. The van der Waals surface area contributed by atoms with Crippen LogP contribution >= 0.6 is 0 Å². The van der Waals surface area contributed by atoms with E-state index in [9.17, 15) is 9.59 Å². The van der Waals surface area contributed by atoms with Crippen LogP contribution in [0, 0.1) is 6.92 Å². The van der Waals surface area contributed by atoms with E-state index in [4.69, 9.17) is 16.2 Å². The molecule has 0 aromatic heterocycles. The van der Waals surface area contributed by atoms with Crippen LogP contribution in [-0.2, 0) is 20.7 Å². The second-order valence-corrected chi connectivity index (χ2v) is 7.81. The van der Waals surface area contributed by atoms with Crippen LogP contribution in [0.25, 0.3) is 0 Å². The molecule has 4 N–H and O–H groups in total. The van der Waals surface area contributed by atoms with Gasteiger partial charge < -0.3 is 20.9 Å². The summed E-state index contributed by atoms with van der Waals surface area (Å²) in [6.45, 7) is 12.9. The lowest BCUT2D eigenvalue weighted by Crippen LogP contribution is -2.27. The van der Waals surface area contributed by atoms with Crippen molar-refractivity contribution in [3.8, 4) is 0 Å². The molecule has 0 bridgehead atoms. The van der Waals surface area contributed by atoms with Gasteiger partial charge in [0.05, 0.1) is 0 Å². The fourth-order valence-electron chi connectivity index (χ4n) is 1.89. The molecule has 25 heavy (non-hydrogen) atoms. The van der Waals surface area contributed by atoms with Crippen LogP contribution in [0.5, 0.6) is 0 Å². The summed E-state index contributed by atoms with van der Waals surface area (Å²) in [6, 6.07) is 5.76. The molecule has 1 aromatic rings. The Kier molecular flexibility index (Phi) is 8.46. The first-order valence-electron chi connectivity index (χ1n) is 8.25. The van der Waals surface area contributed by atoms with E-state index in [1.165, 1.54) is 0 Å². The lowest BCUT2D eigenvalue weighted by atomic mass is 10.0. The number of aryl methyl sites for hydroxylation is 2. The number of primary amides is 1. The van der Waals surface area contributed by atoms with Crippen molar-refractivity contribution in [2.75, 3.05) is 5.73 Å². The first-order valence-corrected chi connectivity index (χ1v) is 8.25. The Morgan fingerprint density at radius 3 is 1.92 bits per heavy atom. The van der Waals surface area contributed by atoms with E-state index >= 15 is 0 Å². The lowest BCUT2D eigenvalue weighted by molar-refractivity contribution is -0.154. The average molecular weight is 352 g/mol. The van der Waals surface area contributed by atoms with E-state index in [0.29, 0.717) is 12.8 Å². The molecule has 0 radical (unpaired) electrons. The maximum Gasteiger partial charge on any atom is 0.405 e. The Balaban J connectivity index is 0.000000609. The topological polar surface area (TPSA) is 105 Å². The largest absolute Gasteiger partial charge is 0.460 e. The Morgan fingerprint density at radius 2 is 1.52 bits per heavy atom. The number of carbonyl (C=O) groups excluding carboxylic acids is 2. The number of hydrogen-bond donors (Lipinski definition) is 2. The second-order valence-electron chi connectivity index (χ2n) is 7.81. The van der Waals surface area contributed by atoms with Crippen molar-refractivity contribution in [1.82, 2.24) is 0 Å². The molecule has 0 unspecified atom stereocenters. The van der Waals surface area contributed by atoms with Gasteiger partial charge >= 0.3 is 12.1 Å². The van der Waals surface area contributed by atoms with E-state index in [1.807, 2.05) is 45.9 Å². The van der Waals surface area contributed by atoms with E-state index in [0.717, 1.165) is 16.8 Å². The summed E-state index contributed by atoms with van der Waals surface area (Å²) in [5.41, 5.74) is 12.6. The lowest BCUT2D eigenvalue weighted by Gasteiger charge is -2.19. The highest BCUT2D eigenvalue weighted by atomic mass is 16.6. The molecule has 0 heterocycles. The van der Waals surface area contributed by atoms with E-state index in [1.54, 1.807) is 20.8 Å². The van der Waals surface area contributed by atoms with Gasteiger partial charge in [0.1, 0.15) is 11.2 Å². The number of anilines is 1. The number of rotatable bonds is 3. The number of carbonyl (C=O) groups is 2. The molecule has 142 valence electrons. The molecule has 1 rings (SSSR count). The number of esters is 1. The van der Waals surface area contributed by atoms with E-state index < -0.39 is 17.3 Å². The van der Waals surface area contributed by atoms with Crippen molar-refractivity contribution in [1.29, 1.82) is 0 Å². The van der Waals surface area contributed by atoms with Crippen molar-refractivity contribution in [3.05, 3.63) is 29.3 Å². The summed E-state index contributed by atoms with van der Waals surface area (Å²) >= 11 is 0. The van der Waals surface area contributed by atoms with Gasteiger partial charge in [0.2, 0.25) is 0 Å². The van der Waals surface area contributed by atoms with Crippen LogP contribution in [0.4, 0.5) is 10.5 Å². The average Bonchev–Trinajstić information content (AvgIpc) is 2.35. The molecule has 1 amide bonds. The Hall–Kier alpha value is -2.24. The van der Waals surface area contributed by atoms with Gasteiger partial charge in [0, 0.05) is 12.1 Å². The first-order chi connectivity index (χ1) is 11.2. The predicted molar refractivity (Wildman–Crippen MR) is 100 cm³/mol. The summed E-state index contributed by atoms with van der Waals surface area (Å²) in [7, 11) is 0. The second kappa shape index (κ2) is 9.30. The van der Waals surface area contributed by atoms with Crippen LogP contribution in [0.1, 0.15) is 59.1 Å². The zero-order valence-corrected chi connectivity index (χ0v) is 16.4. The first kappa shape index (κ1) is 22.8. The number of benzene rings is 1. The summed E-state index contributed by atoms with van der Waals surface area (Å²) < 4.78 is 9.84. The zero-order valence-electron chi connectivity index (χ0n) is 16.4. The van der Waals surface area contributed by atoms with Gasteiger partial charge in [-0.3, -0.25) is 4.79 Å². The SMILES string of the molecule is CC(C)(C)OC(N)=O.Cc1ccc(N)cc1CCC(=O)OC(C)(C)C. The molecule has 0 aliphatic carbocycles. The highest BCUT2D eigenvalue weighted by Crippen LogP contribution is 2.16. The Bertz CT molecular complexity index is 584. The number of amides is 1. The third kappa shape index (κ3) is 12.8. The van der Waals surface area contributed by atoms with Gasteiger partial charge in [0.15, 0.2) is 0 Å². The number of hydrogen-bond acceptors (Lipinski definition) is 5. The summed E-state index contributed by atoms with van der Waals surface area (Å²) in [5, 5.41) is 0. The molecule has 0 aliphatic rings. The van der Waals surface area contributed by atoms with Crippen LogP contribution in [0.3, 0.4) is 0 Å². The van der Waals surface area contributed by atoms with Crippen molar-refractivity contribution < 1.29 is 19.1 Å². The molecule has 0 saturated heterocycles. The minimum Gasteiger partial charge on any atom is -0.460 e. The molecule has 1 aromatic carbocycles. The Labute approximate surface area is 150 Å². The highest BCUT2D eigenvalue weighted by molar-refractivity contribution is 5.70. The van der Waals surface area contributed by atoms with Crippen molar-refractivity contribution >= 4 is 17.7 Å². The molecule has 6 nitrogen and oxygen atoms in total. The molecule has 0 fully saturated rings. The third-order valence-corrected chi connectivity index (χ3v) is 2.80. The minimum absolute atomic E-state index is 0.167. The molecule has 0 atom stereocenters. The fourth-order valence-corrected chi connectivity index (χ4v) is 1.89. The summed E-state index contributed by atoms with van der Waals surface area (Å²) in [4.78, 5) is 21.6. The smallest absolute Gasteiger partial charge is 0.405 e. The van der Waals surface area contributed by atoms with Crippen molar-refractivity contribution in [3.63, 3.8) is 0 Å². The van der Waals surface area contributed by atoms with Gasteiger partial charge in [-0.2, -0.15) is 0 Å². The monoisotopic (exact) mass is 352 g/mol. The van der Waals surface area contributed by atoms with Gasteiger partial charge in [-0.25, -0.2) is 4.79 Å². The van der Waals surface area contributed by atoms with E-state index in [-0.39, 0.29) is 5.97 Å². The number of ether oxygens (including phenoxy) is 2. The molecule has 0 aliphatic heterocycles. The zero-order chi connectivity index (χ0) is 19.8. The van der Waals surface area contributed by atoms with Gasteiger partial charge in [0.25, 0.3) is 0 Å². The summed E-state index contributed by atoms with van der Waals surface area (Å²) in [6.07, 6.45) is 0.338. The Morgan fingerprint density at radius 1 is 1.00 bits per heavy atom. The third-order valence-electron chi connectivity index (χ3n) is 2.80. The van der Waals surface area contributed by atoms with Crippen LogP contribution in [0.15, 0.2) is 18.2 Å². The van der Waals surface area contributed by atoms with Gasteiger partial charge in [-0.1, -0.05) is 6.07 Å². The molecule has 0 spiro atoms.